The maximum absolute atomic E-state index is 7.38. The smallest absolute Gasteiger partial charge is 0.187 e. The number of hydrogen-bond acceptors (Lipinski definition) is 4. The Kier molecular flexibility index (Phi) is 4.82. The van der Waals surface area contributed by atoms with E-state index < -0.39 is 0 Å². The molecule has 0 saturated carbocycles. The summed E-state index contributed by atoms with van der Waals surface area (Å²) in [6, 6.07) is 34.9. The van der Waals surface area contributed by atoms with Crippen LogP contribution in [0.5, 0.6) is 0 Å². The number of nitrogens with zero attached hydrogens (tertiary/aromatic N) is 5. The van der Waals surface area contributed by atoms with Crippen LogP contribution in [0.3, 0.4) is 0 Å². The van der Waals surface area contributed by atoms with Crippen LogP contribution in [0.4, 0.5) is 5.69 Å². The molecular formula is C35H19N5. The number of hydrogen-bond donors (Lipinski definition) is 0. The second-order valence-electron chi connectivity index (χ2n) is 9.86. The molecule has 0 spiro atoms. The monoisotopic (exact) mass is 509 g/mol. The van der Waals surface area contributed by atoms with Crippen molar-refractivity contribution in [1.29, 1.82) is 0 Å². The Morgan fingerprint density at radius 1 is 0.525 bits per heavy atom. The fraction of sp³-hybridized carbons (Fsp3) is 0. The standard InChI is InChI=1S/C35H19N5/c1-36-27-13-15-31-25(19-27)18-26-20-29(28-5-3-17-38-35(28)34(26)40-31)21-6-8-22(9-7-21)30-14-12-24-11-10-23-4-2-16-37-32(23)33(24)39-30/h2-20H. The summed E-state index contributed by atoms with van der Waals surface area (Å²) < 4.78 is 0. The summed E-state index contributed by atoms with van der Waals surface area (Å²) in [5, 5.41) is 5.15. The third-order valence-electron chi connectivity index (χ3n) is 7.50. The van der Waals surface area contributed by atoms with E-state index in [2.05, 4.69) is 82.6 Å². The van der Waals surface area contributed by atoms with Crippen LogP contribution in [-0.4, -0.2) is 19.9 Å². The molecule has 5 heteroatoms. The van der Waals surface area contributed by atoms with Gasteiger partial charge in [-0.1, -0.05) is 60.7 Å². The summed E-state index contributed by atoms with van der Waals surface area (Å²) >= 11 is 0. The van der Waals surface area contributed by atoms with Crippen LogP contribution < -0.4 is 0 Å². The molecule has 0 aliphatic carbocycles. The molecule has 0 N–H and O–H groups in total. The lowest BCUT2D eigenvalue weighted by Crippen LogP contribution is -1.91. The minimum Gasteiger partial charge on any atom is -0.254 e. The van der Waals surface area contributed by atoms with Gasteiger partial charge in [0.1, 0.15) is 0 Å². The number of pyridine rings is 4. The Morgan fingerprint density at radius 3 is 2.10 bits per heavy atom. The van der Waals surface area contributed by atoms with Crippen LogP contribution in [0, 0.1) is 6.57 Å². The summed E-state index contributed by atoms with van der Waals surface area (Å²) in [5.41, 5.74) is 9.15. The molecule has 8 rings (SSSR count). The van der Waals surface area contributed by atoms with E-state index in [4.69, 9.17) is 21.5 Å². The van der Waals surface area contributed by atoms with Crippen LogP contribution in [0.25, 0.3) is 81.7 Å². The average molecular weight is 510 g/mol. The van der Waals surface area contributed by atoms with Crippen molar-refractivity contribution in [2.45, 2.75) is 0 Å². The molecule has 184 valence electrons. The van der Waals surface area contributed by atoms with Crippen molar-refractivity contribution in [3.8, 4) is 22.4 Å². The molecular weight excluding hydrogens is 490 g/mol. The zero-order valence-electron chi connectivity index (χ0n) is 21.2. The average Bonchev–Trinajstić information content (AvgIpc) is 3.03. The first-order valence-corrected chi connectivity index (χ1v) is 13.0. The van der Waals surface area contributed by atoms with E-state index in [1.165, 1.54) is 0 Å². The van der Waals surface area contributed by atoms with Gasteiger partial charge in [0.2, 0.25) is 0 Å². The van der Waals surface area contributed by atoms with E-state index in [-0.39, 0.29) is 0 Å². The van der Waals surface area contributed by atoms with E-state index in [0.717, 1.165) is 76.9 Å². The molecule has 0 saturated heterocycles. The summed E-state index contributed by atoms with van der Waals surface area (Å²) in [4.78, 5) is 22.8. The van der Waals surface area contributed by atoms with Gasteiger partial charge in [0.15, 0.2) is 5.69 Å². The molecule has 0 amide bonds. The fourth-order valence-electron chi connectivity index (χ4n) is 5.54. The first-order valence-electron chi connectivity index (χ1n) is 13.0. The van der Waals surface area contributed by atoms with E-state index in [9.17, 15) is 0 Å². The summed E-state index contributed by atoms with van der Waals surface area (Å²) in [6.07, 6.45) is 3.63. The van der Waals surface area contributed by atoms with Gasteiger partial charge >= 0.3 is 0 Å². The fourth-order valence-corrected chi connectivity index (χ4v) is 5.54. The predicted octanol–water partition coefficient (Wildman–Crippen LogP) is 8.92. The summed E-state index contributed by atoms with van der Waals surface area (Å²) in [6.45, 7) is 7.38. The predicted molar refractivity (Wildman–Crippen MR) is 162 cm³/mol. The third-order valence-corrected chi connectivity index (χ3v) is 7.50. The van der Waals surface area contributed by atoms with E-state index in [0.29, 0.717) is 5.69 Å². The highest BCUT2D eigenvalue weighted by molar-refractivity contribution is 6.12. The molecule has 0 aliphatic heterocycles. The number of fused-ring (bicyclic) bond motifs is 7. The molecule has 4 heterocycles. The second kappa shape index (κ2) is 8.65. The van der Waals surface area contributed by atoms with Gasteiger partial charge in [0.25, 0.3) is 0 Å². The number of rotatable bonds is 2. The SMILES string of the molecule is [C-]#[N+]c1ccc2nc3c(cc(-c4ccc(-c5ccc6ccc7cccnc7c6n5)cc4)c4cccnc43)cc2c1. The maximum Gasteiger partial charge on any atom is 0.187 e. The molecule has 0 unspecified atom stereocenters. The zero-order valence-corrected chi connectivity index (χ0v) is 21.2. The lowest BCUT2D eigenvalue weighted by Gasteiger charge is -2.12. The molecule has 0 aliphatic rings. The summed E-state index contributed by atoms with van der Waals surface area (Å²) in [7, 11) is 0. The Morgan fingerprint density at radius 2 is 1.25 bits per heavy atom. The Bertz CT molecular complexity index is 2330. The van der Waals surface area contributed by atoms with E-state index in [1.54, 1.807) is 0 Å². The van der Waals surface area contributed by atoms with E-state index >= 15 is 0 Å². The molecule has 0 bridgehead atoms. The second-order valence-corrected chi connectivity index (χ2v) is 9.86. The van der Waals surface area contributed by atoms with Crippen LogP contribution in [0.2, 0.25) is 0 Å². The number of aromatic nitrogens is 4. The van der Waals surface area contributed by atoms with Crippen molar-refractivity contribution in [2.24, 2.45) is 0 Å². The van der Waals surface area contributed by atoms with Crippen LogP contribution in [-0.2, 0) is 0 Å². The molecule has 4 aromatic heterocycles. The molecule has 5 nitrogen and oxygen atoms in total. The highest BCUT2D eigenvalue weighted by Crippen LogP contribution is 2.36. The normalized spacial score (nSPS) is 11.5. The van der Waals surface area contributed by atoms with Crippen molar-refractivity contribution in [3.05, 3.63) is 127 Å². The van der Waals surface area contributed by atoms with Gasteiger partial charge in [0, 0.05) is 39.5 Å². The van der Waals surface area contributed by atoms with E-state index in [1.807, 2.05) is 42.7 Å². The van der Waals surface area contributed by atoms with Gasteiger partial charge in [-0.15, -0.1) is 0 Å². The van der Waals surface area contributed by atoms with Crippen molar-refractivity contribution < 1.29 is 0 Å². The highest BCUT2D eigenvalue weighted by Gasteiger charge is 2.13. The zero-order chi connectivity index (χ0) is 26.6. The quantitative estimate of drug-likeness (QED) is 0.133. The van der Waals surface area contributed by atoms with Gasteiger partial charge in [-0.05, 0) is 59.0 Å². The van der Waals surface area contributed by atoms with Crippen molar-refractivity contribution in [1.82, 2.24) is 19.9 Å². The molecule has 8 aromatic rings. The van der Waals surface area contributed by atoms with Crippen LogP contribution in [0.1, 0.15) is 0 Å². The van der Waals surface area contributed by atoms with Crippen LogP contribution >= 0.6 is 0 Å². The lowest BCUT2D eigenvalue weighted by atomic mass is 9.96. The Labute approximate surface area is 229 Å². The Hall–Kier alpha value is -5.73. The van der Waals surface area contributed by atoms with Gasteiger partial charge in [-0.3, -0.25) is 9.97 Å². The van der Waals surface area contributed by atoms with Gasteiger partial charge < -0.3 is 0 Å². The first kappa shape index (κ1) is 22.3. The minimum absolute atomic E-state index is 0.606. The maximum atomic E-state index is 7.38. The van der Waals surface area contributed by atoms with Crippen molar-refractivity contribution in [2.75, 3.05) is 0 Å². The third kappa shape index (κ3) is 3.48. The number of benzene rings is 4. The highest BCUT2D eigenvalue weighted by atomic mass is 14.8. The van der Waals surface area contributed by atoms with Crippen molar-refractivity contribution >= 4 is 60.2 Å². The molecule has 0 fully saturated rings. The molecule has 0 radical (unpaired) electrons. The van der Waals surface area contributed by atoms with Gasteiger partial charge in [0.05, 0.1) is 39.8 Å². The summed E-state index contributed by atoms with van der Waals surface area (Å²) in [5.74, 6) is 0. The largest absolute Gasteiger partial charge is 0.254 e. The van der Waals surface area contributed by atoms with Crippen molar-refractivity contribution in [3.63, 3.8) is 0 Å². The van der Waals surface area contributed by atoms with Crippen LogP contribution in [0.15, 0.2) is 116 Å². The topological polar surface area (TPSA) is 55.9 Å². The first-order chi connectivity index (χ1) is 19.7. The van der Waals surface area contributed by atoms with Gasteiger partial charge in [-0.2, -0.15) is 0 Å². The molecule has 0 atom stereocenters. The Balaban J connectivity index is 1.27. The minimum atomic E-state index is 0.606. The molecule has 4 aromatic carbocycles. The molecule has 40 heavy (non-hydrogen) atoms. The van der Waals surface area contributed by atoms with Gasteiger partial charge in [-0.25, -0.2) is 14.8 Å². The lowest BCUT2D eigenvalue weighted by molar-refractivity contribution is 1.37.